The monoisotopic (exact) mass is 157 g/mol. The van der Waals surface area contributed by atoms with Crippen LogP contribution in [0.3, 0.4) is 0 Å². The van der Waals surface area contributed by atoms with Crippen molar-refractivity contribution in [3.8, 4) is 0 Å². The van der Waals surface area contributed by atoms with Crippen LogP contribution in [0.1, 0.15) is 40.0 Å². The molecule has 0 heterocycles. The Morgan fingerprint density at radius 2 is 1.91 bits per heavy atom. The molecule has 0 bridgehead atoms. The summed E-state index contributed by atoms with van der Waals surface area (Å²) in [7, 11) is 0. The van der Waals surface area contributed by atoms with Gasteiger partial charge in [0.25, 0.3) is 0 Å². The van der Waals surface area contributed by atoms with Crippen LogP contribution in [0.2, 0.25) is 0 Å². The highest BCUT2D eigenvalue weighted by Crippen LogP contribution is 2.05. The van der Waals surface area contributed by atoms with E-state index in [1.165, 1.54) is 0 Å². The maximum atomic E-state index is 11.1. The molecule has 0 fully saturated rings. The van der Waals surface area contributed by atoms with Gasteiger partial charge in [-0.1, -0.05) is 20.8 Å². The molecule has 1 unspecified atom stereocenters. The van der Waals surface area contributed by atoms with Gasteiger partial charge in [-0.25, -0.2) is 0 Å². The van der Waals surface area contributed by atoms with E-state index in [0.717, 1.165) is 6.42 Å². The Morgan fingerprint density at radius 3 is 2.27 bits per heavy atom. The van der Waals surface area contributed by atoms with Crippen molar-refractivity contribution in [3.05, 3.63) is 0 Å². The lowest BCUT2D eigenvalue weighted by Crippen LogP contribution is -2.23. The van der Waals surface area contributed by atoms with E-state index in [-0.39, 0.29) is 6.04 Å². The van der Waals surface area contributed by atoms with Gasteiger partial charge in [0.1, 0.15) is 5.78 Å². The van der Waals surface area contributed by atoms with Gasteiger partial charge in [-0.15, -0.1) is 0 Å². The van der Waals surface area contributed by atoms with Gasteiger partial charge in [0, 0.05) is 18.9 Å². The Kier molecular flexibility index (Phi) is 5.12. The van der Waals surface area contributed by atoms with Gasteiger partial charge in [-0.3, -0.25) is 4.79 Å². The highest BCUT2D eigenvalue weighted by molar-refractivity contribution is 5.79. The largest absolute Gasteiger partial charge is 0.327 e. The summed E-state index contributed by atoms with van der Waals surface area (Å²) < 4.78 is 0. The third kappa shape index (κ3) is 6.05. The van der Waals surface area contributed by atoms with Crippen LogP contribution in [0, 0.1) is 5.92 Å². The topological polar surface area (TPSA) is 43.1 Å². The van der Waals surface area contributed by atoms with Gasteiger partial charge >= 0.3 is 0 Å². The first-order valence-electron chi connectivity index (χ1n) is 4.33. The van der Waals surface area contributed by atoms with Crippen molar-refractivity contribution in [1.82, 2.24) is 0 Å². The Hall–Kier alpha value is -0.370. The first-order chi connectivity index (χ1) is 5.06. The maximum Gasteiger partial charge on any atom is 0.134 e. The third-order valence-electron chi connectivity index (χ3n) is 1.65. The maximum absolute atomic E-state index is 11.1. The minimum atomic E-state index is 0.0706. The summed E-state index contributed by atoms with van der Waals surface area (Å²) in [6, 6.07) is 0.0706. The molecule has 11 heavy (non-hydrogen) atoms. The molecule has 0 saturated carbocycles. The van der Waals surface area contributed by atoms with E-state index in [1.807, 2.05) is 6.92 Å². The molecule has 66 valence electrons. The van der Waals surface area contributed by atoms with E-state index in [0.29, 0.717) is 24.5 Å². The molecule has 2 heteroatoms. The predicted molar refractivity (Wildman–Crippen MR) is 47.3 cm³/mol. The molecule has 0 aliphatic rings. The lowest BCUT2D eigenvalue weighted by Gasteiger charge is -2.08. The molecular weight excluding hydrogens is 138 g/mol. The van der Waals surface area contributed by atoms with Gasteiger partial charge in [-0.2, -0.15) is 0 Å². The van der Waals surface area contributed by atoms with E-state index in [9.17, 15) is 4.79 Å². The van der Waals surface area contributed by atoms with E-state index in [1.54, 1.807) is 0 Å². The van der Waals surface area contributed by atoms with Crippen LogP contribution >= 0.6 is 0 Å². The summed E-state index contributed by atoms with van der Waals surface area (Å²) in [5.74, 6) is 0.765. The molecule has 0 aromatic heterocycles. The standard InChI is InChI=1S/C9H19NO/c1-4-8(10)6-9(11)5-7(2)3/h7-8H,4-6,10H2,1-3H3. The summed E-state index contributed by atoms with van der Waals surface area (Å²) in [6.45, 7) is 6.11. The molecular formula is C9H19NO. The summed E-state index contributed by atoms with van der Waals surface area (Å²) in [4.78, 5) is 11.1. The van der Waals surface area contributed by atoms with Gasteiger partial charge in [-0.05, 0) is 12.3 Å². The number of carbonyl (C=O) groups is 1. The molecule has 0 saturated heterocycles. The minimum Gasteiger partial charge on any atom is -0.327 e. The van der Waals surface area contributed by atoms with E-state index in [2.05, 4.69) is 13.8 Å². The van der Waals surface area contributed by atoms with E-state index < -0.39 is 0 Å². The summed E-state index contributed by atoms with van der Waals surface area (Å²) in [5, 5.41) is 0. The zero-order valence-corrected chi connectivity index (χ0v) is 7.76. The number of ketones is 1. The molecule has 0 spiro atoms. The lowest BCUT2D eigenvalue weighted by atomic mass is 10.0. The fraction of sp³-hybridized carbons (Fsp3) is 0.889. The van der Waals surface area contributed by atoms with Crippen LogP contribution in [-0.2, 0) is 4.79 Å². The average molecular weight is 157 g/mol. The number of nitrogens with two attached hydrogens (primary N) is 1. The molecule has 2 nitrogen and oxygen atoms in total. The molecule has 0 aliphatic heterocycles. The summed E-state index contributed by atoms with van der Waals surface area (Å²) in [5.41, 5.74) is 5.63. The van der Waals surface area contributed by atoms with Crippen molar-refractivity contribution >= 4 is 5.78 Å². The van der Waals surface area contributed by atoms with Gasteiger partial charge in [0.2, 0.25) is 0 Å². The Labute approximate surface area is 69.2 Å². The zero-order valence-electron chi connectivity index (χ0n) is 7.76. The average Bonchev–Trinajstić information content (AvgIpc) is 1.85. The predicted octanol–water partition coefficient (Wildman–Crippen LogP) is 1.73. The van der Waals surface area contributed by atoms with Crippen LogP contribution in [0.15, 0.2) is 0 Å². The normalized spacial score (nSPS) is 13.5. The second kappa shape index (κ2) is 5.30. The molecule has 0 aromatic rings. The molecule has 0 radical (unpaired) electrons. The Balaban J connectivity index is 3.52. The molecule has 0 rings (SSSR count). The first kappa shape index (κ1) is 10.6. The first-order valence-corrected chi connectivity index (χ1v) is 4.33. The van der Waals surface area contributed by atoms with Crippen molar-refractivity contribution in [2.75, 3.05) is 0 Å². The van der Waals surface area contributed by atoms with Crippen molar-refractivity contribution in [2.24, 2.45) is 11.7 Å². The van der Waals surface area contributed by atoms with Crippen LogP contribution in [-0.4, -0.2) is 11.8 Å². The summed E-state index contributed by atoms with van der Waals surface area (Å²) >= 11 is 0. The molecule has 0 aliphatic carbocycles. The number of rotatable bonds is 5. The third-order valence-corrected chi connectivity index (χ3v) is 1.65. The molecule has 0 aromatic carbocycles. The van der Waals surface area contributed by atoms with Gasteiger partial charge in [0.05, 0.1) is 0 Å². The number of Topliss-reactive ketones (excluding diaryl/α,β-unsaturated/α-hetero) is 1. The molecule has 0 amide bonds. The number of hydrogen-bond acceptors (Lipinski definition) is 2. The minimum absolute atomic E-state index is 0.0706. The van der Waals surface area contributed by atoms with Gasteiger partial charge in [0.15, 0.2) is 0 Å². The van der Waals surface area contributed by atoms with Crippen LogP contribution in [0.25, 0.3) is 0 Å². The highest BCUT2D eigenvalue weighted by atomic mass is 16.1. The van der Waals surface area contributed by atoms with E-state index >= 15 is 0 Å². The highest BCUT2D eigenvalue weighted by Gasteiger charge is 2.08. The second-order valence-corrected chi connectivity index (χ2v) is 3.51. The number of carbonyl (C=O) groups excluding carboxylic acids is 1. The zero-order chi connectivity index (χ0) is 8.85. The summed E-state index contributed by atoms with van der Waals surface area (Å²) in [6.07, 6.45) is 2.12. The van der Waals surface area contributed by atoms with Crippen LogP contribution < -0.4 is 5.73 Å². The van der Waals surface area contributed by atoms with Crippen molar-refractivity contribution in [1.29, 1.82) is 0 Å². The van der Waals surface area contributed by atoms with Crippen molar-refractivity contribution in [2.45, 2.75) is 46.1 Å². The quantitative estimate of drug-likeness (QED) is 0.660. The lowest BCUT2D eigenvalue weighted by molar-refractivity contribution is -0.120. The van der Waals surface area contributed by atoms with Gasteiger partial charge < -0.3 is 5.73 Å². The van der Waals surface area contributed by atoms with Crippen LogP contribution in [0.5, 0.6) is 0 Å². The van der Waals surface area contributed by atoms with Crippen molar-refractivity contribution in [3.63, 3.8) is 0 Å². The number of hydrogen-bond donors (Lipinski definition) is 1. The smallest absolute Gasteiger partial charge is 0.134 e. The fourth-order valence-corrected chi connectivity index (χ4v) is 0.975. The second-order valence-electron chi connectivity index (χ2n) is 3.51. The Bertz CT molecular complexity index is 121. The molecule has 2 N–H and O–H groups in total. The molecule has 1 atom stereocenters. The SMILES string of the molecule is CCC(N)CC(=O)CC(C)C. The van der Waals surface area contributed by atoms with Crippen molar-refractivity contribution < 1.29 is 4.79 Å². The Morgan fingerprint density at radius 1 is 1.36 bits per heavy atom. The fourth-order valence-electron chi connectivity index (χ4n) is 0.975. The van der Waals surface area contributed by atoms with E-state index in [4.69, 9.17) is 5.73 Å². The van der Waals surface area contributed by atoms with Crippen LogP contribution in [0.4, 0.5) is 0 Å².